The summed E-state index contributed by atoms with van der Waals surface area (Å²) in [6, 6.07) is 1.92. The zero-order chi connectivity index (χ0) is 10.5. The van der Waals surface area contributed by atoms with Gasteiger partial charge in [0.25, 0.3) is 0 Å². The largest absolute Gasteiger partial charge is 0.472 e. The molecule has 0 unspecified atom stereocenters. The van der Waals surface area contributed by atoms with Crippen molar-refractivity contribution in [2.45, 2.75) is 19.4 Å². The Bertz CT molecular complexity index is 393. The summed E-state index contributed by atoms with van der Waals surface area (Å²) >= 11 is 0. The highest BCUT2D eigenvalue weighted by atomic mass is 16.3. The number of nitrogens with two attached hydrogens (primary N) is 1. The summed E-state index contributed by atoms with van der Waals surface area (Å²) in [7, 11) is 0. The standard InChI is InChI=1S/C10H14N4O/c11-4-1-2-10-7-14(13-12-10)6-9-3-5-15-8-9/h3,5,7-8H,1-2,4,6,11H2. The number of aryl methyl sites for hydroxylation is 1. The third kappa shape index (κ3) is 2.66. The number of furan rings is 1. The van der Waals surface area contributed by atoms with E-state index in [0.717, 1.165) is 24.1 Å². The molecule has 2 heterocycles. The summed E-state index contributed by atoms with van der Waals surface area (Å²) in [6.45, 7) is 1.39. The summed E-state index contributed by atoms with van der Waals surface area (Å²) in [6.07, 6.45) is 7.15. The number of nitrogens with zero attached hydrogens (tertiary/aromatic N) is 3. The van der Waals surface area contributed by atoms with Crippen LogP contribution in [0.4, 0.5) is 0 Å². The van der Waals surface area contributed by atoms with Gasteiger partial charge in [-0.2, -0.15) is 0 Å². The van der Waals surface area contributed by atoms with Crippen LogP contribution in [0, 0.1) is 0 Å². The molecule has 5 nitrogen and oxygen atoms in total. The second-order valence-corrected chi connectivity index (χ2v) is 3.43. The fraction of sp³-hybridized carbons (Fsp3) is 0.400. The fourth-order valence-corrected chi connectivity index (χ4v) is 1.38. The number of hydrogen-bond donors (Lipinski definition) is 1. The predicted octanol–water partition coefficient (Wildman–Crippen LogP) is 0.811. The maximum absolute atomic E-state index is 5.43. The Morgan fingerprint density at radius 1 is 1.47 bits per heavy atom. The van der Waals surface area contributed by atoms with Crippen molar-refractivity contribution < 1.29 is 4.42 Å². The molecule has 0 saturated carbocycles. The van der Waals surface area contributed by atoms with Crippen LogP contribution in [0.25, 0.3) is 0 Å². The molecule has 0 aliphatic rings. The highest BCUT2D eigenvalue weighted by Gasteiger charge is 2.01. The first-order valence-corrected chi connectivity index (χ1v) is 4.98. The van der Waals surface area contributed by atoms with Crippen molar-refractivity contribution in [2.24, 2.45) is 5.73 Å². The first-order valence-electron chi connectivity index (χ1n) is 4.98. The molecule has 0 bridgehead atoms. The van der Waals surface area contributed by atoms with Crippen LogP contribution in [-0.4, -0.2) is 21.5 Å². The molecule has 0 saturated heterocycles. The Kier molecular flexibility index (Phi) is 3.14. The summed E-state index contributed by atoms with van der Waals surface area (Å²) in [5, 5.41) is 8.09. The number of aromatic nitrogens is 3. The molecular formula is C10H14N4O. The average Bonchev–Trinajstić information content (AvgIpc) is 2.87. The van der Waals surface area contributed by atoms with Gasteiger partial charge in [-0.05, 0) is 25.5 Å². The van der Waals surface area contributed by atoms with Crippen LogP contribution in [-0.2, 0) is 13.0 Å². The quantitative estimate of drug-likeness (QED) is 0.786. The number of hydrogen-bond acceptors (Lipinski definition) is 4. The minimum absolute atomic E-state index is 0.689. The van der Waals surface area contributed by atoms with Crippen LogP contribution < -0.4 is 5.73 Å². The predicted molar refractivity (Wildman–Crippen MR) is 55.2 cm³/mol. The highest BCUT2D eigenvalue weighted by molar-refractivity contribution is 5.06. The lowest BCUT2D eigenvalue weighted by Gasteiger charge is -1.94. The van der Waals surface area contributed by atoms with Crippen LogP contribution in [0.1, 0.15) is 17.7 Å². The summed E-state index contributed by atoms with van der Waals surface area (Å²) in [5.74, 6) is 0. The molecule has 0 aliphatic carbocycles. The van der Waals surface area contributed by atoms with E-state index in [1.807, 2.05) is 12.3 Å². The Morgan fingerprint density at radius 2 is 2.40 bits per heavy atom. The molecular weight excluding hydrogens is 192 g/mol. The second-order valence-electron chi connectivity index (χ2n) is 3.43. The van der Waals surface area contributed by atoms with Gasteiger partial charge in [0.05, 0.1) is 24.8 Å². The average molecular weight is 206 g/mol. The van der Waals surface area contributed by atoms with E-state index in [-0.39, 0.29) is 0 Å². The Labute approximate surface area is 87.9 Å². The van der Waals surface area contributed by atoms with Crippen LogP contribution in [0.3, 0.4) is 0 Å². The minimum Gasteiger partial charge on any atom is -0.472 e. The third-order valence-electron chi connectivity index (χ3n) is 2.15. The van der Waals surface area contributed by atoms with Gasteiger partial charge in [0.2, 0.25) is 0 Å². The zero-order valence-electron chi connectivity index (χ0n) is 8.47. The lowest BCUT2D eigenvalue weighted by molar-refractivity contribution is 0.558. The summed E-state index contributed by atoms with van der Waals surface area (Å²) < 4.78 is 6.78. The molecule has 0 fully saturated rings. The van der Waals surface area contributed by atoms with E-state index in [0.29, 0.717) is 13.1 Å². The number of rotatable bonds is 5. The third-order valence-corrected chi connectivity index (χ3v) is 2.15. The highest BCUT2D eigenvalue weighted by Crippen LogP contribution is 2.03. The molecule has 2 N–H and O–H groups in total. The van der Waals surface area contributed by atoms with Crippen molar-refractivity contribution in [1.29, 1.82) is 0 Å². The Morgan fingerprint density at radius 3 is 3.13 bits per heavy atom. The minimum atomic E-state index is 0.689. The Hall–Kier alpha value is -1.62. The molecule has 0 aliphatic heterocycles. The van der Waals surface area contributed by atoms with Gasteiger partial charge in [0, 0.05) is 11.8 Å². The first-order chi connectivity index (χ1) is 7.38. The van der Waals surface area contributed by atoms with Gasteiger partial charge < -0.3 is 10.2 Å². The molecule has 15 heavy (non-hydrogen) atoms. The van der Waals surface area contributed by atoms with E-state index in [1.54, 1.807) is 17.2 Å². The molecule has 80 valence electrons. The molecule has 0 radical (unpaired) electrons. The van der Waals surface area contributed by atoms with Gasteiger partial charge in [-0.1, -0.05) is 5.21 Å². The monoisotopic (exact) mass is 206 g/mol. The van der Waals surface area contributed by atoms with Crippen LogP contribution in [0.2, 0.25) is 0 Å². The van der Waals surface area contributed by atoms with Crippen molar-refractivity contribution in [1.82, 2.24) is 15.0 Å². The van der Waals surface area contributed by atoms with Gasteiger partial charge in [0.1, 0.15) is 0 Å². The van der Waals surface area contributed by atoms with Gasteiger partial charge in [-0.25, -0.2) is 4.68 Å². The summed E-state index contributed by atoms with van der Waals surface area (Å²) in [5.41, 5.74) is 7.50. The smallest absolute Gasteiger partial charge is 0.0953 e. The van der Waals surface area contributed by atoms with Crippen molar-refractivity contribution in [2.75, 3.05) is 6.54 Å². The van der Waals surface area contributed by atoms with E-state index in [1.165, 1.54) is 0 Å². The SMILES string of the molecule is NCCCc1cn(Cc2ccoc2)nn1. The topological polar surface area (TPSA) is 69.9 Å². The lowest BCUT2D eigenvalue weighted by Crippen LogP contribution is -2.00. The van der Waals surface area contributed by atoms with Gasteiger partial charge in [-0.3, -0.25) is 0 Å². The molecule has 2 rings (SSSR count). The van der Waals surface area contributed by atoms with E-state index >= 15 is 0 Å². The van der Waals surface area contributed by atoms with Gasteiger partial charge >= 0.3 is 0 Å². The molecule has 2 aromatic heterocycles. The first kappa shape index (κ1) is 9.92. The van der Waals surface area contributed by atoms with Crippen LogP contribution in [0.5, 0.6) is 0 Å². The molecule has 5 heteroatoms. The van der Waals surface area contributed by atoms with Crippen molar-refractivity contribution in [3.63, 3.8) is 0 Å². The van der Waals surface area contributed by atoms with E-state index < -0.39 is 0 Å². The lowest BCUT2D eigenvalue weighted by atomic mass is 10.2. The second kappa shape index (κ2) is 4.75. The fourth-order valence-electron chi connectivity index (χ4n) is 1.38. The van der Waals surface area contributed by atoms with Gasteiger partial charge in [-0.15, -0.1) is 5.10 Å². The Balaban J connectivity index is 1.95. The molecule has 0 aromatic carbocycles. The van der Waals surface area contributed by atoms with Gasteiger partial charge in [0.15, 0.2) is 0 Å². The maximum Gasteiger partial charge on any atom is 0.0953 e. The van der Waals surface area contributed by atoms with Crippen molar-refractivity contribution in [3.05, 3.63) is 36.0 Å². The van der Waals surface area contributed by atoms with Crippen molar-refractivity contribution in [3.8, 4) is 0 Å². The van der Waals surface area contributed by atoms with Crippen LogP contribution >= 0.6 is 0 Å². The van der Waals surface area contributed by atoms with Crippen molar-refractivity contribution >= 4 is 0 Å². The van der Waals surface area contributed by atoms with E-state index in [9.17, 15) is 0 Å². The van der Waals surface area contributed by atoms with Crippen LogP contribution in [0.15, 0.2) is 29.2 Å². The zero-order valence-corrected chi connectivity index (χ0v) is 8.47. The molecule has 2 aromatic rings. The van der Waals surface area contributed by atoms with E-state index in [2.05, 4.69) is 10.3 Å². The molecule has 0 amide bonds. The maximum atomic E-state index is 5.43. The normalized spacial score (nSPS) is 10.7. The molecule has 0 atom stereocenters. The molecule has 0 spiro atoms. The van der Waals surface area contributed by atoms with E-state index in [4.69, 9.17) is 10.2 Å². The summed E-state index contributed by atoms with van der Waals surface area (Å²) in [4.78, 5) is 0.